The lowest BCUT2D eigenvalue weighted by atomic mass is 9.80. The normalized spacial score (nSPS) is 27.9. The summed E-state index contributed by atoms with van der Waals surface area (Å²) in [4.78, 5) is 51.2. The molecule has 2 aliphatic heterocycles. The lowest BCUT2D eigenvalue weighted by molar-refractivity contribution is -0.147. The smallest absolute Gasteiger partial charge is 0.324 e. The first-order chi connectivity index (χ1) is 14.2. The number of amides is 2. The van der Waals surface area contributed by atoms with Crippen molar-refractivity contribution in [1.29, 1.82) is 0 Å². The van der Waals surface area contributed by atoms with E-state index in [-0.39, 0.29) is 17.2 Å². The fraction of sp³-hybridized carbons (Fsp3) is 0.273. The number of anilines is 1. The van der Waals surface area contributed by atoms with Gasteiger partial charge in [0.2, 0.25) is 11.8 Å². The minimum atomic E-state index is -1.70. The Bertz CT molecular complexity index is 1080. The summed E-state index contributed by atoms with van der Waals surface area (Å²) >= 11 is 0. The number of nitrogens with zero attached hydrogens (tertiary/aromatic N) is 1. The number of carboxylic acids is 1. The van der Waals surface area contributed by atoms with Crippen molar-refractivity contribution in [3.8, 4) is 5.75 Å². The summed E-state index contributed by atoms with van der Waals surface area (Å²) < 4.78 is 0. The lowest BCUT2D eigenvalue weighted by Gasteiger charge is -2.27. The third-order valence-corrected chi connectivity index (χ3v) is 6.04. The van der Waals surface area contributed by atoms with Gasteiger partial charge in [-0.05, 0) is 44.2 Å². The molecular formula is C22H20N2O6. The number of carbonyl (C=O) groups is 4. The molecule has 0 saturated carbocycles. The maximum absolute atomic E-state index is 13.3. The SMILES string of the molecule is CC(=O)c1ccc(N2C(=O)C3C(c4ccccc4O)NC(C)(C(=O)O)C3C2=O)cc1. The number of nitrogens with one attached hydrogen (secondary N) is 1. The minimum Gasteiger partial charge on any atom is -0.508 e. The fourth-order valence-electron chi connectivity index (χ4n) is 4.45. The van der Waals surface area contributed by atoms with Gasteiger partial charge in [0.05, 0.1) is 17.5 Å². The summed E-state index contributed by atoms with van der Waals surface area (Å²) in [5, 5.41) is 23.1. The number of fused-ring (bicyclic) bond motifs is 1. The highest BCUT2D eigenvalue weighted by molar-refractivity contribution is 6.24. The zero-order chi connectivity index (χ0) is 21.8. The standard InChI is InChI=1S/C22H20N2O6/c1-11(25)12-7-9-13(10-8-12)24-19(27)16-17(20(24)28)22(2,21(29)30)23-18(16)14-5-3-4-6-15(14)26/h3-10,16-18,23,26H,1-2H3,(H,29,30). The van der Waals surface area contributed by atoms with Crippen molar-refractivity contribution in [2.24, 2.45) is 11.8 Å². The number of aromatic hydroxyl groups is 1. The van der Waals surface area contributed by atoms with E-state index in [4.69, 9.17) is 0 Å². The topological polar surface area (TPSA) is 124 Å². The second-order valence-corrected chi connectivity index (χ2v) is 7.81. The molecule has 0 spiro atoms. The Labute approximate surface area is 172 Å². The van der Waals surface area contributed by atoms with Gasteiger partial charge in [0.1, 0.15) is 11.3 Å². The van der Waals surface area contributed by atoms with Crippen molar-refractivity contribution in [3.63, 3.8) is 0 Å². The van der Waals surface area contributed by atoms with Crippen molar-refractivity contribution in [2.75, 3.05) is 4.90 Å². The van der Waals surface area contributed by atoms with Crippen LogP contribution in [0.4, 0.5) is 5.69 Å². The first kappa shape index (κ1) is 19.8. The number of Topliss-reactive ketones (excluding diaryl/α,β-unsaturated/α-hetero) is 1. The van der Waals surface area contributed by atoms with Gasteiger partial charge in [0, 0.05) is 17.2 Å². The molecule has 4 unspecified atom stereocenters. The molecule has 154 valence electrons. The van der Waals surface area contributed by atoms with Crippen LogP contribution >= 0.6 is 0 Å². The van der Waals surface area contributed by atoms with Gasteiger partial charge in [-0.3, -0.25) is 24.5 Å². The Morgan fingerprint density at radius 3 is 2.23 bits per heavy atom. The zero-order valence-electron chi connectivity index (χ0n) is 16.3. The van der Waals surface area contributed by atoms with E-state index in [1.807, 2.05) is 0 Å². The molecule has 8 heteroatoms. The summed E-state index contributed by atoms with van der Waals surface area (Å²) in [7, 11) is 0. The fourth-order valence-corrected chi connectivity index (χ4v) is 4.45. The first-order valence-electron chi connectivity index (χ1n) is 9.44. The molecule has 4 atom stereocenters. The third kappa shape index (κ3) is 2.72. The first-order valence-corrected chi connectivity index (χ1v) is 9.44. The molecule has 2 amide bonds. The Morgan fingerprint density at radius 1 is 1.03 bits per heavy atom. The van der Waals surface area contributed by atoms with E-state index in [1.165, 1.54) is 44.2 Å². The zero-order valence-corrected chi connectivity index (χ0v) is 16.3. The number of aliphatic carboxylic acids is 1. The van der Waals surface area contributed by atoms with Gasteiger partial charge in [0.15, 0.2) is 5.78 Å². The Morgan fingerprint density at radius 2 is 1.67 bits per heavy atom. The van der Waals surface area contributed by atoms with Gasteiger partial charge in [-0.2, -0.15) is 0 Å². The number of rotatable bonds is 4. The van der Waals surface area contributed by atoms with Gasteiger partial charge in [0.25, 0.3) is 0 Å². The van der Waals surface area contributed by atoms with Gasteiger partial charge < -0.3 is 10.2 Å². The van der Waals surface area contributed by atoms with Crippen LogP contribution < -0.4 is 10.2 Å². The number of phenolic OH excluding ortho intramolecular Hbond substituents is 1. The monoisotopic (exact) mass is 408 g/mol. The lowest BCUT2D eigenvalue weighted by Crippen LogP contribution is -2.53. The van der Waals surface area contributed by atoms with Crippen LogP contribution in [0.15, 0.2) is 48.5 Å². The Hall–Kier alpha value is -3.52. The average Bonchev–Trinajstić information content (AvgIpc) is 3.16. The number of phenols is 1. The molecule has 2 aromatic carbocycles. The highest BCUT2D eigenvalue weighted by atomic mass is 16.4. The maximum Gasteiger partial charge on any atom is 0.324 e. The van der Waals surface area contributed by atoms with Crippen molar-refractivity contribution in [3.05, 3.63) is 59.7 Å². The summed E-state index contributed by atoms with van der Waals surface area (Å²) in [6.45, 7) is 2.78. The summed E-state index contributed by atoms with van der Waals surface area (Å²) in [5.41, 5.74) is -0.638. The van der Waals surface area contributed by atoms with E-state index in [9.17, 15) is 29.4 Å². The van der Waals surface area contributed by atoms with Crippen LogP contribution in [-0.4, -0.2) is 39.3 Å². The van der Waals surface area contributed by atoms with Crippen molar-refractivity contribution in [2.45, 2.75) is 25.4 Å². The Kier molecular flexibility index (Phi) is 4.47. The highest BCUT2D eigenvalue weighted by Gasteiger charge is 2.67. The predicted octanol–water partition coefficient (Wildman–Crippen LogP) is 1.89. The van der Waals surface area contributed by atoms with Crippen LogP contribution in [-0.2, 0) is 14.4 Å². The third-order valence-electron chi connectivity index (χ3n) is 6.04. The Balaban J connectivity index is 1.81. The predicted molar refractivity (Wildman–Crippen MR) is 106 cm³/mol. The number of imide groups is 1. The molecule has 0 aliphatic carbocycles. The van der Waals surface area contributed by atoms with Gasteiger partial charge in [-0.25, -0.2) is 4.90 Å². The van der Waals surface area contributed by atoms with E-state index in [1.54, 1.807) is 18.2 Å². The van der Waals surface area contributed by atoms with Crippen LogP contribution in [0.5, 0.6) is 5.75 Å². The summed E-state index contributed by atoms with van der Waals surface area (Å²) in [6.07, 6.45) is 0. The number of para-hydroxylation sites is 1. The molecule has 0 bridgehead atoms. The van der Waals surface area contributed by atoms with Crippen LogP contribution in [0.1, 0.15) is 35.8 Å². The maximum atomic E-state index is 13.3. The molecule has 2 aromatic rings. The molecule has 3 N–H and O–H groups in total. The molecule has 0 aromatic heterocycles. The number of ketones is 1. The molecule has 2 saturated heterocycles. The van der Waals surface area contributed by atoms with Crippen molar-refractivity contribution in [1.82, 2.24) is 5.32 Å². The number of hydrogen-bond acceptors (Lipinski definition) is 6. The molecule has 2 aliphatic rings. The molecule has 30 heavy (non-hydrogen) atoms. The highest BCUT2D eigenvalue weighted by Crippen LogP contribution is 2.50. The van der Waals surface area contributed by atoms with Crippen molar-refractivity contribution >= 4 is 29.3 Å². The molecular weight excluding hydrogens is 388 g/mol. The minimum absolute atomic E-state index is 0.0899. The van der Waals surface area contributed by atoms with Crippen LogP contribution in [0.3, 0.4) is 0 Å². The average molecular weight is 408 g/mol. The van der Waals surface area contributed by atoms with Crippen LogP contribution in [0, 0.1) is 11.8 Å². The van der Waals surface area contributed by atoms with E-state index < -0.39 is 41.2 Å². The van der Waals surface area contributed by atoms with E-state index in [0.717, 1.165) is 4.90 Å². The van der Waals surface area contributed by atoms with Gasteiger partial charge in [-0.15, -0.1) is 0 Å². The van der Waals surface area contributed by atoms with Crippen LogP contribution in [0.2, 0.25) is 0 Å². The van der Waals surface area contributed by atoms with Crippen LogP contribution in [0.25, 0.3) is 0 Å². The quantitative estimate of drug-likeness (QED) is 0.521. The second kappa shape index (κ2) is 6.77. The molecule has 2 heterocycles. The molecule has 2 fully saturated rings. The second-order valence-electron chi connectivity index (χ2n) is 7.81. The number of carbonyl (C=O) groups excluding carboxylic acids is 3. The molecule has 0 radical (unpaired) electrons. The van der Waals surface area contributed by atoms with E-state index in [2.05, 4.69) is 5.32 Å². The molecule has 8 nitrogen and oxygen atoms in total. The summed E-state index contributed by atoms with van der Waals surface area (Å²) in [5.74, 6) is -4.83. The van der Waals surface area contributed by atoms with E-state index >= 15 is 0 Å². The number of hydrogen-bond donors (Lipinski definition) is 3. The summed E-state index contributed by atoms with van der Waals surface area (Å²) in [6, 6.07) is 11.5. The number of benzene rings is 2. The largest absolute Gasteiger partial charge is 0.508 e. The molecule has 4 rings (SSSR count). The van der Waals surface area contributed by atoms with Crippen molar-refractivity contribution < 1.29 is 29.4 Å². The number of carboxylic acid groups (broad SMARTS) is 1. The van der Waals surface area contributed by atoms with Gasteiger partial charge >= 0.3 is 5.97 Å². The van der Waals surface area contributed by atoms with E-state index in [0.29, 0.717) is 11.1 Å². The van der Waals surface area contributed by atoms with Gasteiger partial charge in [-0.1, -0.05) is 18.2 Å².